The maximum absolute atomic E-state index is 11.3. The second-order valence-electron chi connectivity index (χ2n) is 5.38. The van der Waals surface area contributed by atoms with Gasteiger partial charge in [-0.2, -0.15) is 0 Å². The lowest BCUT2D eigenvalue weighted by Crippen LogP contribution is -2.38. The third-order valence-corrected chi connectivity index (χ3v) is 2.41. The fourth-order valence-corrected chi connectivity index (χ4v) is 1.42. The normalized spacial score (nSPS) is 18.8. The van der Waals surface area contributed by atoms with Crippen molar-refractivity contribution < 1.29 is 14.3 Å². The van der Waals surface area contributed by atoms with Gasteiger partial charge in [-0.15, -0.1) is 0 Å². The third kappa shape index (κ3) is 5.35. The molecule has 4 nitrogen and oxygen atoms in total. The van der Waals surface area contributed by atoms with E-state index >= 15 is 0 Å². The molecule has 1 amide bonds. The molecule has 0 aromatic heterocycles. The number of carbonyl (C=O) groups excluding carboxylic acids is 1. The van der Waals surface area contributed by atoms with Crippen LogP contribution in [0.3, 0.4) is 0 Å². The van der Waals surface area contributed by atoms with Gasteiger partial charge in [-0.25, -0.2) is 4.79 Å². The Morgan fingerprint density at radius 1 is 1.44 bits per heavy atom. The molecule has 0 aromatic carbocycles. The van der Waals surface area contributed by atoms with Gasteiger partial charge in [0.15, 0.2) is 0 Å². The summed E-state index contributed by atoms with van der Waals surface area (Å²) >= 11 is 0. The van der Waals surface area contributed by atoms with Gasteiger partial charge in [-0.3, -0.25) is 0 Å². The zero-order valence-corrected chi connectivity index (χ0v) is 10.7. The SMILES string of the molecule is C[C@@H](CNC(=O)OC(C)(C)C)OC1CCC1. The van der Waals surface area contributed by atoms with Crippen LogP contribution in [0.1, 0.15) is 47.0 Å². The number of alkyl carbamates (subject to hydrolysis) is 1. The zero-order valence-electron chi connectivity index (χ0n) is 10.7. The van der Waals surface area contributed by atoms with E-state index in [0.717, 1.165) is 12.8 Å². The maximum Gasteiger partial charge on any atom is 0.407 e. The summed E-state index contributed by atoms with van der Waals surface area (Å²) < 4.78 is 10.8. The Balaban J connectivity index is 2.10. The highest BCUT2D eigenvalue weighted by atomic mass is 16.6. The first-order chi connectivity index (χ1) is 7.37. The molecule has 16 heavy (non-hydrogen) atoms. The zero-order chi connectivity index (χ0) is 12.2. The number of amides is 1. The molecule has 0 aromatic rings. The van der Waals surface area contributed by atoms with E-state index in [1.54, 1.807) is 0 Å². The van der Waals surface area contributed by atoms with Gasteiger partial charge in [-0.1, -0.05) is 0 Å². The van der Waals surface area contributed by atoms with Crippen LogP contribution in [0.4, 0.5) is 4.79 Å². The van der Waals surface area contributed by atoms with E-state index in [4.69, 9.17) is 9.47 Å². The van der Waals surface area contributed by atoms with Crippen LogP contribution >= 0.6 is 0 Å². The number of carbonyl (C=O) groups is 1. The fraction of sp³-hybridized carbons (Fsp3) is 0.917. The number of rotatable bonds is 4. The lowest BCUT2D eigenvalue weighted by Gasteiger charge is -2.29. The molecule has 4 heteroatoms. The van der Waals surface area contributed by atoms with Gasteiger partial charge in [0.05, 0.1) is 12.2 Å². The second-order valence-corrected chi connectivity index (χ2v) is 5.38. The van der Waals surface area contributed by atoms with Crippen molar-refractivity contribution in [3.63, 3.8) is 0 Å². The van der Waals surface area contributed by atoms with E-state index in [9.17, 15) is 4.79 Å². The summed E-state index contributed by atoms with van der Waals surface area (Å²) in [5.74, 6) is 0. The smallest absolute Gasteiger partial charge is 0.407 e. The average Bonchev–Trinajstić information content (AvgIpc) is 2.05. The van der Waals surface area contributed by atoms with Crippen LogP contribution in [0.2, 0.25) is 0 Å². The van der Waals surface area contributed by atoms with Gasteiger partial charge in [-0.05, 0) is 47.0 Å². The molecule has 1 aliphatic carbocycles. The first-order valence-corrected chi connectivity index (χ1v) is 5.99. The van der Waals surface area contributed by atoms with Gasteiger partial charge in [0.25, 0.3) is 0 Å². The van der Waals surface area contributed by atoms with Crippen molar-refractivity contribution in [2.24, 2.45) is 0 Å². The van der Waals surface area contributed by atoms with Gasteiger partial charge < -0.3 is 14.8 Å². The molecular formula is C12H23NO3. The molecule has 1 saturated carbocycles. The van der Waals surface area contributed by atoms with Crippen LogP contribution in [0.5, 0.6) is 0 Å². The Morgan fingerprint density at radius 2 is 2.06 bits per heavy atom. The minimum Gasteiger partial charge on any atom is -0.444 e. The van der Waals surface area contributed by atoms with Crippen LogP contribution in [-0.2, 0) is 9.47 Å². The van der Waals surface area contributed by atoms with Crippen molar-refractivity contribution in [2.45, 2.75) is 64.8 Å². The first kappa shape index (κ1) is 13.3. The quantitative estimate of drug-likeness (QED) is 0.805. The molecule has 0 aliphatic heterocycles. The molecule has 1 fully saturated rings. The summed E-state index contributed by atoms with van der Waals surface area (Å²) in [5.41, 5.74) is -0.442. The summed E-state index contributed by atoms with van der Waals surface area (Å²) in [5, 5.41) is 2.71. The Bertz CT molecular complexity index is 231. The summed E-state index contributed by atoms with van der Waals surface area (Å²) in [6, 6.07) is 0. The van der Waals surface area contributed by atoms with E-state index < -0.39 is 5.60 Å². The highest BCUT2D eigenvalue weighted by Gasteiger charge is 2.21. The van der Waals surface area contributed by atoms with E-state index in [1.807, 2.05) is 27.7 Å². The van der Waals surface area contributed by atoms with Crippen molar-refractivity contribution in [1.29, 1.82) is 0 Å². The average molecular weight is 229 g/mol. The highest BCUT2D eigenvalue weighted by Crippen LogP contribution is 2.22. The van der Waals surface area contributed by atoms with E-state index in [0.29, 0.717) is 12.6 Å². The molecule has 0 heterocycles. The van der Waals surface area contributed by atoms with Crippen LogP contribution in [0.25, 0.3) is 0 Å². The number of hydrogen-bond donors (Lipinski definition) is 1. The molecule has 1 rings (SSSR count). The monoisotopic (exact) mass is 229 g/mol. The molecule has 0 spiro atoms. The summed E-state index contributed by atoms with van der Waals surface area (Å²) in [7, 11) is 0. The third-order valence-electron chi connectivity index (χ3n) is 2.41. The number of nitrogens with one attached hydrogen (secondary N) is 1. The van der Waals surface area contributed by atoms with Crippen LogP contribution in [0.15, 0.2) is 0 Å². The fourth-order valence-electron chi connectivity index (χ4n) is 1.42. The second kappa shape index (κ2) is 5.53. The van der Waals surface area contributed by atoms with Gasteiger partial charge in [0, 0.05) is 6.54 Å². The van der Waals surface area contributed by atoms with Crippen molar-refractivity contribution in [3.05, 3.63) is 0 Å². The van der Waals surface area contributed by atoms with Gasteiger partial charge in [0.2, 0.25) is 0 Å². The van der Waals surface area contributed by atoms with E-state index in [1.165, 1.54) is 6.42 Å². The van der Waals surface area contributed by atoms with Crippen molar-refractivity contribution in [1.82, 2.24) is 5.32 Å². The molecular weight excluding hydrogens is 206 g/mol. The molecule has 1 aliphatic rings. The number of ether oxygens (including phenoxy) is 2. The predicted molar refractivity (Wildman–Crippen MR) is 62.4 cm³/mol. The summed E-state index contributed by atoms with van der Waals surface area (Å²) in [4.78, 5) is 11.3. The Labute approximate surface area is 97.7 Å². The number of hydrogen-bond acceptors (Lipinski definition) is 3. The lowest BCUT2D eigenvalue weighted by atomic mass is 9.96. The largest absolute Gasteiger partial charge is 0.444 e. The van der Waals surface area contributed by atoms with E-state index in [-0.39, 0.29) is 12.2 Å². The highest BCUT2D eigenvalue weighted by molar-refractivity contribution is 5.67. The van der Waals surface area contributed by atoms with Crippen LogP contribution in [0, 0.1) is 0 Å². The Morgan fingerprint density at radius 3 is 2.50 bits per heavy atom. The first-order valence-electron chi connectivity index (χ1n) is 5.99. The van der Waals surface area contributed by atoms with Crippen molar-refractivity contribution in [2.75, 3.05) is 6.54 Å². The summed E-state index contributed by atoms with van der Waals surface area (Å²) in [6.45, 7) is 8.02. The molecule has 0 unspecified atom stereocenters. The van der Waals surface area contributed by atoms with E-state index in [2.05, 4.69) is 5.32 Å². The summed E-state index contributed by atoms with van der Waals surface area (Å²) in [6.07, 6.45) is 3.63. The van der Waals surface area contributed by atoms with Gasteiger partial charge >= 0.3 is 6.09 Å². The molecule has 1 atom stereocenters. The Hall–Kier alpha value is -0.770. The Kier molecular flexibility index (Phi) is 4.59. The van der Waals surface area contributed by atoms with Gasteiger partial charge in [0.1, 0.15) is 5.60 Å². The standard InChI is InChI=1S/C12H23NO3/c1-9(15-10-6-5-7-10)8-13-11(14)16-12(2,3)4/h9-10H,5-8H2,1-4H3,(H,13,14)/t9-/m0/s1. The lowest BCUT2D eigenvalue weighted by molar-refractivity contribution is -0.0426. The molecule has 0 saturated heterocycles. The minimum atomic E-state index is -0.442. The van der Waals surface area contributed by atoms with Crippen molar-refractivity contribution in [3.8, 4) is 0 Å². The molecule has 94 valence electrons. The molecule has 1 N–H and O–H groups in total. The molecule has 0 radical (unpaired) electrons. The molecule has 0 bridgehead atoms. The predicted octanol–water partition coefficient (Wildman–Crippen LogP) is 2.47. The van der Waals surface area contributed by atoms with Crippen LogP contribution < -0.4 is 5.32 Å². The minimum absolute atomic E-state index is 0.0535. The van der Waals surface area contributed by atoms with Crippen molar-refractivity contribution >= 4 is 6.09 Å². The maximum atomic E-state index is 11.3. The topological polar surface area (TPSA) is 47.6 Å². The van der Waals surface area contributed by atoms with Crippen LogP contribution in [-0.4, -0.2) is 30.4 Å².